The molecule has 0 radical (unpaired) electrons. The first-order valence-corrected chi connectivity index (χ1v) is 3.64. The number of phenolic OH excluding ortho intramolecular Hbond substituents is 1. The van der Waals surface area contributed by atoms with Crippen molar-refractivity contribution in [3.63, 3.8) is 0 Å². The summed E-state index contributed by atoms with van der Waals surface area (Å²) in [5.41, 5.74) is 5.89. The number of phenols is 1. The first-order valence-electron chi connectivity index (χ1n) is 3.64. The monoisotopic (exact) mass is 177 g/mol. The third-order valence-corrected chi connectivity index (χ3v) is 1.53. The van der Waals surface area contributed by atoms with Gasteiger partial charge >= 0.3 is 6.01 Å². The van der Waals surface area contributed by atoms with Crippen LogP contribution in [0.5, 0.6) is 5.75 Å². The summed E-state index contributed by atoms with van der Waals surface area (Å²) >= 11 is 0. The lowest BCUT2D eigenvalue weighted by Gasteiger charge is -1.94. The molecule has 0 bridgehead atoms. The van der Waals surface area contributed by atoms with E-state index in [-0.39, 0.29) is 11.8 Å². The third kappa shape index (κ3) is 1.44. The minimum atomic E-state index is 0.0124. The van der Waals surface area contributed by atoms with Crippen LogP contribution in [0.1, 0.15) is 0 Å². The Kier molecular flexibility index (Phi) is 1.63. The second-order valence-corrected chi connectivity index (χ2v) is 2.50. The van der Waals surface area contributed by atoms with E-state index in [1.165, 1.54) is 6.07 Å². The SMILES string of the molecule is Nc1nnc(-c2cccc(O)c2)o1. The summed E-state index contributed by atoms with van der Waals surface area (Å²) in [5.74, 6) is 0.447. The van der Waals surface area contributed by atoms with Gasteiger partial charge in [0.1, 0.15) is 5.75 Å². The molecule has 1 aromatic carbocycles. The number of nitrogens with two attached hydrogens (primary N) is 1. The van der Waals surface area contributed by atoms with Crippen molar-refractivity contribution in [1.82, 2.24) is 10.2 Å². The molecule has 66 valence electrons. The number of hydrogen-bond donors (Lipinski definition) is 2. The molecule has 1 heterocycles. The van der Waals surface area contributed by atoms with Crippen LogP contribution in [0, 0.1) is 0 Å². The van der Waals surface area contributed by atoms with Crippen molar-refractivity contribution in [3.8, 4) is 17.2 Å². The molecule has 0 fully saturated rings. The Labute approximate surface area is 73.8 Å². The van der Waals surface area contributed by atoms with Crippen molar-refractivity contribution in [2.45, 2.75) is 0 Å². The minimum Gasteiger partial charge on any atom is -0.508 e. The van der Waals surface area contributed by atoms with Gasteiger partial charge in [0, 0.05) is 5.56 Å². The molecular weight excluding hydrogens is 170 g/mol. The highest BCUT2D eigenvalue weighted by Gasteiger charge is 2.05. The molecule has 13 heavy (non-hydrogen) atoms. The van der Waals surface area contributed by atoms with E-state index in [1.807, 2.05) is 0 Å². The van der Waals surface area contributed by atoms with Gasteiger partial charge in [-0.25, -0.2) is 0 Å². The van der Waals surface area contributed by atoms with Crippen LogP contribution in [-0.4, -0.2) is 15.3 Å². The second kappa shape index (κ2) is 2.78. The first-order chi connectivity index (χ1) is 6.25. The van der Waals surface area contributed by atoms with Gasteiger partial charge in [0.05, 0.1) is 0 Å². The predicted molar refractivity (Wildman–Crippen MR) is 45.8 cm³/mol. The van der Waals surface area contributed by atoms with Crippen molar-refractivity contribution < 1.29 is 9.52 Å². The molecule has 0 aliphatic carbocycles. The van der Waals surface area contributed by atoms with Crippen molar-refractivity contribution in [2.24, 2.45) is 0 Å². The predicted octanol–water partition coefficient (Wildman–Crippen LogP) is 1.02. The molecule has 0 aliphatic rings. The van der Waals surface area contributed by atoms with E-state index in [9.17, 15) is 0 Å². The Morgan fingerprint density at radius 2 is 2.15 bits per heavy atom. The quantitative estimate of drug-likeness (QED) is 0.679. The van der Waals surface area contributed by atoms with Gasteiger partial charge in [0.2, 0.25) is 5.89 Å². The van der Waals surface area contributed by atoms with Gasteiger partial charge in [-0.1, -0.05) is 11.2 Å². The number of aromatic nitrogens is 2. The van der Waals surface area contributed by atoms with Crippen molar-refractivity contribution in [1.29, 1.82) is 0 Å². The van der Waals surface area contributed by atoms with Crippen LogP contribution in [0.15, 0.2) is 28.7 Å². The van der Waals surface area contributed by atoms with Gasteiger partial charge in [-0.05, 0) is 18.2 Å². The van der Waals surface area contributed by atoms with Crippen LogP contribution in [0.25, 0.3) is 11.5 Å². The van der Waals surface area contributed by atoms with Gasteiger partial charge in [-0.3, -0.25) is 0 Å². The molecule has 0 aliphatic heterocycles. The maximum Gasteiger partial charge on any atom is 0.313 e. The Hall–Kier alpha value is -2.04. The number of anilines is 1. The molecule has 5 nitrogen and oxygen atoms in total. The van der Waals surface area contributed by atoms with Crippen molar-refractivity contribution in [3.05, 3.63) is 24.3 Å². The number of nitrogens with zero attached hydrogens (tertiary/aromatic N) is 2. The van der Waals surface area contributed by atoms with Crippen LogP contribution >= 0.6 is 0 Å². The van der Waals surface area contributed by atoms with E-state index >= 15 is 0 Å². The average molecular weight is 177 g/mol. The first kappa shape index (κ1) is 7.60. The summed E-state index contributed by atoms with van der Waals surface area (Å²) in [7, 11) is 0. The summed E-state index contributed by atoms with van der Waals surface area (Å²) < 4.78 is 4.97. The lowest BCUT2D eigenvalue weighted by Crippen LogP contribution is -1.81. The minimum absolute atomic E-state index is 0.0124. The molecule has 0 unspecified atom stereocenters. The summed E-state index contributed by atoms with van der Waals surface area (Å²) in [6, 6.07) is 6.52. The summed E-state index contributed by atoms with van der Waals surface area (Å²) in [6.45, 7) is 0. The summed E-state index contributed by atoms with van der Waals surface area (Å²) in [4.78, 5) is 0. The smallest absolute Gasteiger partial charge is 0.313 e. The largest absolute Gasteiger partial charge is 0.508 e. The molecule has 0 saturated heterocycles. The van der Waals surface area contributed by atoms with Crippen molar-refractivity contribution in [2.75, 3.05) is 5.73 Å². The molecular formula is C8H7N3O2. The summed E-state index contributed by atoms with van der Waals surface area (Å²) in [6.07, 6.45) is 0. The van der Waals surface area contributed by atoms with Crippen molar-refractivity contribution >= 4 is 6.01 Å². The zero-order chi connectivity index (χ0) is 9.26. The second-order valence-electron chi connectivity index (χ2n) is 2.50. The molecule has 0 atom stereocenters. The van der Waals surface area contributed by atoms with Gasteiger partial charge in [-0.15, -0.1) is 5.10 Å². The lowest BCUT2D eigenvalue weighted by molar-refractivity contribution is 0.475. The molecule has 1 aromatic heterocycles. The highest BCUT2D eigenvalue weighted by Crippen LogP contribution is 2.21. The molecule has 0 spiro atoms. The zero-order valence-corrected chi connectivity index (χ0v) is 6.64. The maximum atomic E-state index is 9.16. The van der Waals surface area contributed by atoms with Gasteiger partial charge in [0.15, 0.2) is 0 Å². The number of benzene rings is 1. The van der Waals surface area contributed by atoms with E-state index in [0.717, 1.165) is 0 Å². The fraction of sp³-hybridized carbons (Fsp3) is 0. The van der Waals surface area contributed by atoms with Crippen LogP contribution in [0.2, 0.25) is 0 Å². The van der Waals surface area contributed by atoms with Crippen LogP contribution < -0.4 is 5.73 Å². The third-order valence-electron chi connectivity index (χ3n) is 1.53. The number of aromatic hydroxyl groups is 1. The number of nitrogen functional groups attached to an aromatic ring is 1. The molecule has 0 amide bonds. The molecule has 2 aromatic rings. The van der Waals surface area contributed by atoms with E-state index in [2.05, 4.69) is 10.2 Å². The molecule has 0 saturated carbocycles. The zero-order valence-electron chi connectivity index (χ0n) is 6.64. The van der Waals surface area contributed by atoms with Gasteiger partial charge in [0.25, 0.3) is 0 Å². The van der Waals surface area contributed by atoms with E-state index in [4.69, 9.17) is 15.3 Å². The Bertz CT molecular complexity index is 425. The van der Waals surface area contributed by atoms with E-state index in [1.54, 1.807) is 18.2 Å². The highest BCUT2D eigenvalue weighted by molar-refractivity contribution is 5.55. The molecule has 5 heteroatoms. The highest BCUT2D eigenvalue weighted by atomic mass is 16.4. The Balaban J connectivity index is 2.46. The van der Waals surface area contributed by atoms with Crippen LogP contribution in [-0.2, 0) is 0 Å². The Morgan fingerprint density at radius 1 is 1.31 bits per heavy atom. The fourth-order valence-corrected chi connectivity index (χ4v) is 0.990. The normalized spacial score (nSPS) is 10.2. The topological polar surface area (TPSA) is 85.2 Å². The lowest BCUT2D eigenvalue weighted by atomic mass is 10.2. The number of hydrogen-bond acceptors (Lipinski definition) is 5. The van der Waals surface area contributed by atoms with Gasteiger partial charge < -0.3 is 15.3 Å². The van der Waals surface area contributed by atoms with Gasteiger partial charge in [-0.2, -0.15) is 0 Å². The Morgan fingerprint density at radius 3 is 2.77 bits per heavy atom. The standard InChI is InChI=1S/C8H7N3O2/c9-8-11-10-7(13-8)5-2-1-3-6(12)4-5/h1-4,12H,(H2,9,11). The fourth-order valence-electron chi connectivity index (χ4n) is 0.990. The van der Waals surface area contributed by atoms with Crippen LogP contribution in [0.3, 0.4) is 0 Å². The maximum absolute atomic E-state index is 9.16. The summed E-state index contributed by atoms with van der Waals surface area (Å²) in [5, 5.41) is 16.3. The van der Waals surface area contributed by atoms with E-state index < -0.39 is 0 Å². The van der Waals surface area contributed by atoms with Crippen LogP contribution in [0.4, 0.5) is 6.01 Å². The average Bonchev–Trinajstić information content (AvgIpc) is 2.52. The van der Waals surface area contributed by atoms with E-state index in [0.29, 0.717) is 11.5 Å². The molecule has 2 rings (SSSR count). The molecule has 3 N–H and O–H groups in total. The number of rotatable bonds is 1.